The summed E-state index contributed by atoms with van der Waals surface area (Å²) in [5.74, 6) is 0.597. The first-order chi connectivity index (χ1) is 40.5. The van der Waals surface area contributed by atoms with Crippen LogP contribution in [0.15, 0.2) is 0 Å². The Morgan fingerprint density at radius 1 is 0.494 bits per heavy atom. The van der Waals surface area contributed by atoms with Crippen LogP contribution < -0.4 is 0 Å². The van der Waals surface area contributed by atoms with E-state index >= 15 is 0 Å². The third kappa shape index (κ3) is 12.5. The van der Waals surface area contributed by atoms with E-state index in [-0.39, 0.29) is 60.6 Å². The van der Waals surface area contributed by atoms with Gasteiger partial charge in [0.1, 0.15) is 60.7 Å². The van der Waals surface area contributed by atoms with E-state index < -0.39 is 159 Å². The number of hydrogen-bond donors (Lipinski definition) is 5. The molecule has 3 unspecified atom stereocenters. The molecule has 0 radical (unpaired) electrons. The van der Waals surface area contributed by atoms with Crippen LogP contribution in [0.25, 0.3) is 0 Å². The Kier molecular flexibility index (Phi) is 20.3. The van der Waals surface area contributed by atoms with Gasteiger partial charge in [-0.15, -0.1) is 0 Å². The fraction of sp³-hybridized carbons (Fsp3) is 0.984. The Labute approximate surface area is 500 Å². The summed E-state index contributed by atoms with van der Waals surface area (Å²) in [6, 6.07) is 0. The number of Topliss-reactive ketones (excluding diaryl/α,β-unsaturated/α-hetero) is 1. The summed E-state index contributed by atoms with van der Waals surface area (Å²) in [7, 11) is 6.45. The van der Waals surface area contributed by atoms with Crippen LogP contribution in [0.1, 0.15) is 139 Å². The summed E-state index contributed by atoms with van der Waals surface area (Å²) in [6.07, 6.45) is -10.9. The number of ether oxygens (including phenoxy) is 18. The molecule has 24 heteroatoms. The normalized spacial score (nSPS) is 54.7. The highest BCUT2D eigenvalue weighted by Gasteiger charge is 2.70. The lowest BCUT2D eigenvalue weighted by Gasteiger charge is -2.57. The minimum Gasteiger partial charge on any atom is -0.394 e. The van der Waals surface area contributed by atoms with Gasteiger partial charge in [0.2, 0.25) is 0 Å². The van der Waals surface area contributed by atoms with Gasteiger partial charge in [0.25, 0.3) is 0 Å². The highest BCUT2D eigenvalue weighted by atomic mass is 16.8. The van der Waals surface area contributed by atoms with Crippen LogP contribution in [0.5, 0.6) is 0 Å². The third-order valence-corrected chi connectivity index (χ3v) is 22.2. The van der Waals surface area contributed by atoms with Crippen LogP contribution in [-0.4, -0.2) is 244 Å². The fourth-order valence-electron chi connectivity index (χ4n) is 17.3. The molecule has 8 saturated heterocycles. The summed E-state index contributed by atoms with van der Waals surface area (Å²) in [6.45, 7) is 15.5. The van der Waals surface area contributed by atoms with E-state index in [1.165, 1.54) is 7.11 Å². The molecule has 11 rings (SSSR count). The second-order valence-corrected chi connectivity index (χ2v) is 27.1. The van der Waals surface area contributed by atoms with Crippen molar-refractivity contribution in [3.63, 3.8) is 0 Å². The zero-order chi connectivity index (χ0) is 60.6. The molecule has 5 N–H and O–H groups in total. The molecule has 3 saturated carbocycles. The number of carbonyl (C=O) groups is 1. The number of methoxy groups -OCH3 is 4. The summed E-state index contributed by atoms with van der Waals surface area (Å²) >= 11 is 0. The molecule has 11 aliphatic rings. The Morgan fingerprint density at radius 3 is 1.46 bits per heavy atom. The highest BCUT2D eigenvalue weighted by Crippen LogP contribution is 2.67. The maximum atomic E-state index is 13.5. The average molecular weight is 1220 g/mol. The number of aliphatic hydroxyl groups excluding tert-OH is 5. The van der Waals surface area contributed by atoms with Crippen molar-refractivity contribution in [2.75, 3.05) is 35.0 Å². The molecule has 0 aromatic carbocycles. The van der Waals surface area contributed by atoms with Crippen LogP contribution >= 0.6 is 0 Å². The quantitative estimate of drug-likeness (QED) is 0.131. The highest BCUT2D eigenvalue weighted by molar-refractivity contribution is 5.88. The molecule has 0 aromatic heterocycles. The van der Waals surface area contributed by atoms with E-state index in [0.29, 0.717) is 37.4 Å². The van der Waals surface area contributed by atoms with Crippen molar-refractivity contribution < 1.29 is 116 Å². The lowest BCUT2D eigenvalue weighted by atomic mass is 9.52. The fourth-order valence-corrected chi connectivity index (χ4v) is 17.3. The number of fused-ring (bicyclic) bond motifs is 5. The molecule has 8 aliphatic heterocycles. The summed E-state index contributed by atoms with van der Waals surface area (Å²) in [5, 5.41) is 52.3. The van der Waals surface area contributed by atoms with E-state index in [1.807, 2.05) is 20.8 Å². The van der Waals surface area contributed by atoms with Gasteiger partial charge < -0.3 is 111 Å². The lowest BCUT2D eigenvalue weighted by Crippen LogP contribution is -2.62. The monoisotopic (exact) mass is 1220 g/mol. The molecule has 2 bridgehead atoms. The minimum absolute atomic E-state index is 0.0138. The Morgan fingerprint density at radius 2 is 0.965 bits per heavy atom. The average Bonchev–Trinajstić information content (AvgIpc) is 1.75. The van der Waals surface area contributed by atoms with Gasteiger partial charge in [-0.1, -0.05) is 6.92 Å². The van der Waals surface area contributed by atoms with Crippen LogP contribution in [0, 0.1) is 28.6 Å². The van der Waals surface area contributed by atoms with Gasteiger partial charge in [-0.3, -0.25) is 4.79 Å². The number of hydrogen-bond acceptors (Lipinski definition) is 24. The Hall–Kier alpha value is -1.25. The van der Waals surface area contributed by atoms with Gasteiger partial charge in [-0.25, -0.2) is 0 Å². The molecular formula is C61H100O24. The zero-order valence-electron chi connectivity index (χ0n) is 51.8. The van der Waals surface area contributed by atoms with Gasteiger partial charge >= 0.3 is 0 Å². The van der Waals surface area contributed by atoms with E-state index in [9.17, 15) is 30.3 Å². The van der Waals surface area contributed by atoms with Gasteiger partial charge in [0.15, 0.2) is 43.5 Å². The van der Waals surface area contributed by atoms with Gasteiger partial charge in [-0.05, 0) is 98.3 Å². The molecule has 3 aliphatic carbocycles. The molecule has 34 atom stereocenters. The summed E-state index contributed by atoms with van der Waals surface area (Å²) in [5.41, 5.74) is -0.466. The first-order valence-electron chi connectivity index (χ1n) is 31.7. The SMILES string of the molecule is CO[C@H]1C[C@H](O[C@H]2CC[C@@]3(C)C(CC[C@@]45OC(C)[C@H]6CCC(=O)[C@]6(C)C(C[C@@H]43)O5)C2)O[C@H](C)[C@H]1O[C@H]1C[C@@H](OC)[C@H](O[C@H]2C[C@@H](OC)[C@H](O[C@H]3C[C@H](O)[C@H](O[C@H]4C[C@H](OC)[C@H](O[C@@H]5O[C@H](CO)[C@@H](O)[C@H](O)[C@H]5O)[C@@H](C)O4)[C@@H](C)O3)[C@@H](C)O2)[C@@H](C)O1. The van der Waals surface area contributed by atoms with Crippen LogP contribution in [0.2, 0.25) is 0 Å². The smallest absolute Gasteiger partial charge is 0.187 e. The molecule has 1 spiro atoms. The van der Waals surface area contributed by atoms with Crippen LogP contribution in [-0.2, 0) is 90.1 Å². The van der Waals surface area contributed by atoms with Gasteiger partial charge in [-0.2, -0.15) is 0 Å². The Bertz CT molecular complexity index is 2210. The number of aliphatic hydroxyl groups is 5. The van der Waals surface area contributed by atoms with Crippen LogP contribution in [0.3, 0.4) is 0 Å². The number of rotatable bonds is 17. The van der Waals surface area contributed by atoms with E-state index in [2.05, 4.69) is 20.8 Å². The lowest BCUT2D eigenvalue weighted by molar-refractivity contribution is -0.359. The van der Waals surface area contributed by atoms with Crippen molar-refractivity contribution in [1.82, 2.24) is 0 Å². The van der Waals surface area contributed by atoms with Crippen molar-refractivity contribution in [3.8, 4) is 0 Å². The Balaban J connectivity index is 0.626. The van der Waals surface area contributed by atoms with E-state index in [4.69, 9.17) is 85.3 Å². The minimum atomic E-state index is -1.61. The number of carbonyl (C=O) groups excluding carboxylic acids is 1. The summed E-state index contributed by atoms with van der Waals surface area (Å²) < 4.78 is 115. The van der Waals surface area contributed by atoms with Crippen LogP contribution in [0.4, 0.5) is 0 Å². The van der Waals surface area contributed by atoms with Crippen molar-refractivity contribution in [3.05, 3.63) is 0 Å². The second-order valence-electron chi connectivity index (χ2n) is 27.1. The van der Waals surface area contributed by atoms with E-state index in [1.54, 1.807) is 35.2 Å². The van der Waals surface area contributed by atoms with Crippen molar-refractivity contribution in [2.45, 2.75) is 317 Å². The van der Waals surface area contributed by atoms with Crippen molar-refractivity contribution in [1.29, 1.82) is 0 Å². The molecule has 8 heterocycles. The van der Waals surface area contributed by atoms with Gasteiger partial charge in [0, 0.05) is 85.2 Å². The molecular weight excluding hydrogens is 1120 g/mol. The van der Waals surface area contributed by atoms with Crippen molar-refractivity contribution in [2.24, 2.45) is 28.6 Å². The third-order valence-electron chi connectivity index (χ3n) is 22.2. The maximum absolute atomic E-state index is 13.5. The second kappa shape index (κ2) is 26.4. The number of ketones is 1. The van der Waals surface area contributed by atoms with Gasteiger partial charge in [0.05, 0.1) is 91.4 Å². The molecule has 11 fully saturated rings. The topological polar surface area (TPSA) is 284 Å². The predicted molar refractivity (Wildman–Crippen MR) is 294 cm³/mol. The van der Waals surface area contributed by atoms with E-state index in [0.717, 1.165) is 44.9 Å². The first-order valence-corrected chi connectivity index (χ1v) is 31.7. The molecule has 85 heavy (non-hydrogen) atoms. The summed E-state index contributed by atoms with van der Waals surface area (Å²) in [4.78, 5) is 13.5. The zero-order valence-corrected chi connectivity index (χ0v) is 51.8. The molecule has 0 aromatic rings. The molecule has 0 amide bonds. The molecule has 488 valence electrons. The molecule has 24 nitrogen and oxygen atoms in total. The van der Waals surface area contributed by atoms with Crippen molar-refractivity contribution >= 4 is 5.78 Å². The largest absolute Gasteiger partial charge is 0.394 e. The maximum Gasteiger partial charge on any atom is 0.187 e. The first kappa shape index (κ1) is 65.2. The standard InChI is InChI=1S/C61H100O24/c1-27-35-13-14-43(64)60(35,8)44-25-42-59(7)17-16-34(19-33(59)15-18-61(42,84-27)85-44)77-46-21-37(68-9)55(29(3)73-46)81-49-23-39(70-11)56(31(5)75-49)82-48-22-38(69-10)54(30(4)74-48)80-45-20-36(63)53(28(2)72-45)79-47-24-40(71-12)57(32(6)76-47)83-58-52(67)51(66)50(65)41(26-62)78-58/h27-42,44-58,62-63,65-67H,13-26H2,1-12H3/t27?,28-,29-,30-,31-,32-,33?,34+,35-,36+,37+,38-,39-,40+,41-,42-,44?,45+,46+,47+,48+,49+,50-,51+,52-,53-,54-,55-,56-,57-,58+,59+,60-,61+/m1/s1. The predicted octanol–water partition coefficient (Wildman–Crippen LogP) is 3.30.